The molecule has 24 heavy (non-hydrogen) atoms. The van der Waals surface area contributed by atoms with E-state index in [1.54, 1.807) is 19.5 Å². The molecule has 0 unspecified atom stereocenters. The Morgan fingerprint density at radius 3 is 2.29 bits per heavy atom. The Morgan fingerprint density at radius 1 is 1.00 bits per heavy atom. The fourth-order valence-corrected chi connectivity index (χ4v) is 2.97. The monoisotopic (exact) mass is 326 g/mol. The van der Waals surface area contributed by atoms with E-state index < -0.39 is 0 Å². The van der Waals surface area contributed by atoms with Gasteiger partial charge in [0.15, 0.2) is 5.75 Å². The predicted octanol–water partition coefficient (Wildman–Crippen LogP) is 1.79. The minimum atomic E-state index is 0.581. The molecule has 7 nitrogen and oxygen atoms in total. The molecule has 1 saturated carbocycles. The molecule has 2 aromatic rings. The average molecular weight is 326 g/mol. The van der Waals surface area contributed by atoms with Crippen molar-refractivity contribution in [2.75, 3.05) is 43.1 Å². The number of anilines is 2. The Labute approximate surface area is 141 Å². The Morgan fingerprint density at radius 2 is 1.67 bits per heavy atom. The maximum Gasteiger partial charge on any atom is 0.225 e. The van der Waals surface area contributed by atoms with Crippen molar-refractivity contribution in [3.05, 3.63) is 30.0 Å². The number of hydrogen-bond acceptors (Lipinski definition) is 7. The molecule has 0 bridgehead atoms. The van der Waals surface area contributed by atoms with Crippen molar-refractivity contribution < 1.29 is 4.74 Å². The number of rotatable bonds is 4. The first-order valence-electron chi connectivity index (χ1n) is 8.44. The number of piperazine rings is 1. The molecule has 126 valence electrons. The summed E-state index contributed by atoms with van der Waals surface area (Å²) in [4.78, 5) is 22.7. The fourth-order valence-electron chi connectivity index (χ4n) is 2.97. The minimum Gasteiger partial charge on any atom is -0.494 e. The third-order valence-electron chi connectivity index (χ3n) is 4.54. The molecule has 3 heterocycles. The molecule has 0 spiro atoms. The molecule has 4 rings (SSSR count). The summed E-state index contributed by atoms with van der Waals surface area (Å²) in [6.45, 7) is 5.65. The highest BCUT2D eigenvalue weighted by Gasteiger charge is 2.28. The van der Waals surface area contributed by atoms with Gasteiger partial charge in [0.2, 0.25) is 5.95 Å². The summed E-state index contributed by atoms with van der Waals surface area (Å²) in [7, 11) is 1.62. The molecule has 2 aromatic heterocycles. The summed E-state index contributed by atoms with van der Waals surface area (Å²) in [5.74, 6) is 4.10. The lowest BCUT2D eigenvalue weighted by Gasteiger charge is -2.35. The summed E-state index contributed by atoms with van der Waals surface area (Å²) >= 11 is 0. The van der Waals surface area contributed by atoms with Crippen LogP contribution in [0.4, 0.5) is 11.8 Å². The molecule has 0 radical (unpaired) electrons. The summed E-state index contributed by atoms with van der Waals surface area (Å²) in [5.41, 5.74) is 1.06. The molecule has 1 saturated heterocycles. The molecule has 2 aliphatic rings. The van der Waals surface area contributed by atoms with E-state index in [0.29, 0.717) is 11.7 Å². The Bertz CT molecular complexity index is 708. The van der Waals surface area contributed by atoms with Crippen LogP contribution in [0, 0.1) is 6.92 Å². The van der Waals surface area contributed by atoms with Gasteiger partial charge in [-0.05, 0) is 19.8 Å². The van der Waals surface area contributed by atoms with Crippen molar-refractivity contribution in [3.63, 3.8) is 0 Å². The van der Waals surface area contributed by atoms with Crippen LogP contribution >= 0.6 is 0 Å². The normalized spacial score (nSPS) is 17.9. The van der Waals surface area contributed by atoms with E-state index in [-0.39, 0.29) is 0 Å². The van der Waals surface area contributed by atoms with E-state index in [1.165, 1.54) is 12.8 Å². The summed E-state index contributed by atoms with van der Waals surface area (Å²) in [6, 6.07) is 2.09. The number of methoxy groups -OCH3 is 1. The SMILES string of the molecule is COc1cnc(N2CCN(c3cc(C)nc(C4CC4)n3)CC2)nc1. The summed E-state index contributed by atoms with van der Waals surface area (Å²) < 4.78 is 5.11. The van der Waals surface area contributed by atoms with E-state index >= 15 is 0 Å². The summed E-state index contributed by atoms with van der Waals surface area (Å²) in [5, 5.41) is 0. The van der Waals surface area contributed by atoms with Gasteiger partial charge < -0.3 is 14.5 Å². The Hall–Kier alpha value is -2.44. The molecular weight excluding hydrogens is 304 g/mol. The maximum absolute atomic E-state index is 5.11. The first kappa shape index (κ1) is 15.1. The first-order valence-corrected chi connectivity index (χ1v) is 8.44. The zero-order chi connectivity index (χ0) is 16.5. The van der Waals surface area contributed by atoms with Gasteiger partial charge in [-0.25, -0.2) is 19.9 Å². The van der Waals surface area contributed by atoms with Crippen LogP contribution in [-0.2, 0) is 0 Å². The molecule has 7 heteroatoms. The lowest BCUT2D eigenvalue weighted by Crippen LogP contribution is -2.47. The zero-order valence-corrected chi connectivity index (χ0v) is 14.1. The third kappa shape index (κ3) is 3.11. The average Bonchev–Trinajstić information content (AvgIpc) is 3.47. The van der Waals surface area contributed by atoms with Crippen LogP contribution < -0.4 is 14.5 Å². The van der Waals surface area contributed by atoms with E-state index in [4.69, 9.17) is 9.72 Å². The number of nitrogens with zero attached hydrogens (tertiary/aromatic N) is 6. The smallest absolute Gasteiger partial charge is 0.225 e. The third-order valence-corrected chi connectivity index (χ3v) is 4.54. The molecule has 0 amide bonds. The van der Waals surface area contributed by atoms with E-state index in [0.717, 1.165) is 49.5 Å². The van der Waals surface area contributed by atoms with Crippen LogP contribution in [0.15, 0.2) is 18.5 Å². The molecule has 1 aliphatic heterocycles. The van der Waals surface area contributed by atoms with Crippen LogP contribution in [0.5, 0.6) is 5.75 Å². The first-order chi connectivity index (χ1) is 11.7. The molecule has 0 N–H and O–H groups in total. The topological polar surface area (TPSA) is 67.3 Å². The number of aromatic nitrogens is 4. The van der Waals surface area contributed by atoms with Crippen LogP contribution in [0.1, 0.15) is 30.3 Å². The second-order valence-electron chi connectivity index (χ2n) is 6.40. The molecule has 0 atom stereocenters. The van der Waals surface area contributed by atoms with Crippen molar-refractivity contribution in [1.82, 2.24) is 19.9 Å². The van der Waals surface area contributed by atoms with E-state index in [2.05, 4.69) is 37.7 Å². The van der Waals surface area contributed by atoms with Gasteiger partial charge in [-0.2, -0.15) is 0 Å². The number of ether oxygens (including phenoxy) is 1. The van der Waals surface area contributed by atoms with Crippen LogP contribution in [0.25, 0.3) is 0 Å². The van der Waals surface area contributed by atoms with Crippen LogP contribution in [0.2, 0.25) is 0 Å². The minimum absolute atomic E-state index is 0.581. The van der Waals surface area contributed by atoms with Gasteiger partial charge in [-0.15, -0.1) is 0 Å². The molecular formula is C17H22N6O. The maximum atomic E-state index is 5.11. The molecule has 2 fully saturated rings. The van der Waals surface area contributed by atoms with E-state index in [9.17, 15) is 0 Å². The largest absolute Gasteiger partial charge is 0.494 e. The van der Waals surface area contributed by atoms with Crippen molar-refractivity contribution in [2.24, 2.45) is 0 Å². The lowest BCUT2D eigenvalue weighted by atomic mass is 10.3. The second-order valence-corrected chi connectivity index (χ2v) is 6.40. The highest BCUT2D eigenvalue weighted by atomic mass is 16.5. The highest BCUT2D eigenvalue weighted by Crippen LogP contribution is 2.38. The van der Waals surface area contributed by atoms with Crippen molar-refractivity contribution in [3.8, 4) is 5.75 Å². The van der Waals surface area contributed by atoms with Crippen LogP contribution in [0.3, 0.4) is 0 Å². The Kier molecular flexibility index (Phi) is 3.92. The number of hydrogen-bond donors (Lipinski definition) is 0. The molecule has 1 aliphatic carbocycles. The van der Waals surface area contributed by atoms with Gasteiger partial charge in [-0.1, -0.05) is 0 Å². The van der Waals surface area contributed by atoms with Crippen LogP contribution in [-0.4, -0.2) is 53.2 Å². The fraction of sp³-hybridized carbons (Fsp3) is 0.529. The molecule has 0 aromatic carbocycles. The quantitative estimate of drug-likeness (QED) is 0.848. The Balaban J connectivity index is 1.44. The van der Waals surface area contributed by atoms with Gasteiger partial charge >= 0.3 is 0 Å². The van der Waals surface area contributed by atoms with Crippen molar-refractivity contribution >= 4 is 11.8 Å². The summed E-state index contributed by atoms with van der Waals surface area (Å²) in [6.07, 6.45) is 5.88. The second kappa shape index (κ2) is 6.22. The van der Waals surface area contributed by atoms with Gasteiger partial charge in [0.25, 0.3) is 0 Å². The van der Waals surface area contributed by atoms with Crippen molar-refractivity contribution in [2.45, 2.75) is 25.7 Å². The van der Waals surface area contributed by atoms with Gasteiger partial charge in [-0.3, -0.25) is 0 Å². The zero-order valence-electron chi connectivity index (χ0n) is 14.1. The van der Waals surface area contributed by atoms with E-state index in [1.807, 2.05) is 0 Å². The predicted molar refractivity (Wildman–Crippen MR) is 91.8 cm³/mol. The lowest BCUT2D eigenvalue weighted by molar-refractivity contribution is 0.410. The standard InChI is InChI=1S/C17H22N6O/c1-12-9-15(21-16(20-12)13-3-4-13)22-5-7-23(8-6-22)17-18-10-14(24-2)11-19-17/h9-11,13H,3-8H2,1-2H3. The van der Waals surface area contributed by atoms with Gasteiger partial charge in [0, 0.05) is 43.9 Å². The highest BCUT2D eigenvalue weighted by molar-refractivity contribution is 5.44. The van der Waals surface area contributed by atoms with Gasteiger partial charge in [0.05, 0.1) is 19.5 Å². The van der Waals surface area contributed by atoms with Crippen molar-refractivity contribution in [1.29, 1.82) is 0 Å². The number of aryl methyl sites for hydroxylation is 1. The van der Waals surface area contributed by atoms with Gasteiger partial charge in [0.1, 0.15) is 11.6 Å².